The van der Waals surface area contributed by atoms with Crippen molar-refractivity contribution in [1.82, 2.24) is 4.98 Å². The van der Waals surface area contributed by atoms with Crippen LogP contribution in [0.3, 0.4) is 0 Å². The van der Waals surface area contributed by atoms with Crippen LogP contribution < -0.4 is 4.98 Å². The zero-order valence-electron chi connectivity index (χ0n) is 12.0. The van der Waals surface area contributed by atoms with Crippen LogP contribution in [0.4, 0.5) is 5.69 Å². The number of aromatic hydroxyl groups is 1. The summed E-state index contributed by atoms with van der Waals surface area (Å²) in [5, 5.41) is 9.88. The molecule has 0 aliphatic heterocycles. The third kappa shape index (κ3) is 5.56. The predicted molar refractivity (Wildman–Crippen MR) is 92.3 cm³/mol. The molecule has 3 aromatic rings. The van der Waals surface area contributed by atoms with Crippen molar-refractivity contribution in [2.24, 2.45) is 4.99 Å². The number of aromatic nitrogens is 1. The van der Waals surface area contributed by atoms with Gasteiger partial charge in [0, 0.05) is 6.21 Å². The van der Waals surface area contributed by atoms with Crippen molar-refractivity contribution in [3.8, 4) is 16.9 Å². The fraction of sp³-hybridized carbons (Fsp3) is 0. The van der Waals surface area contributed by atoms with Gasteiger partial charge in [-0.1, -0.05) is 48.5 Å². The van der Waals surface area contributed by atoms with E-state index in [1.54, 1.807) is 18.5 Å². The third-order valence-electron chi connectivity index (χ3n) is 3.00. The summed E-state index contributed by atoms with van der Waals surface area (Å²) < 4.78 is 0. The second-order valence-electron chi connectivity index (χ2n) is 4.46. The number of rotatable bonds is 3. The van der Waals surface area contributed by atoms with E-state index in [9.17, 15) is 5.11 Å². The van der Waals surface area contributed by atoms with Gasteiger partial charge in [0.15, 0.2) is 0 Å². The molecular weight excluding hydrogens is 367 g/mol. The van der Waals surface area contributed by atoms with E-state index >= 15 is 0 Å². The van der Waals surface area contributed by atoms with Gasteiger partial charge in [-0.3, -0.25) is 4.99 Å². The van der Waals surface area contributed by atoms with E-state index in [2.05, 4.69) is 9.98 Å². The molecule has 116 valence electrons. The normalized spacial score (nSPS) is 10.2. The Labute approximate surface area is 151 Å². The van der Waals surface area contributed by atoms with Gasteiger partial charge >= 0.3 is 35.6 Å². The van der Waals surface area contributed by atoms with Gasteiger partial charge in [-0.2, -0.15) is 6.20 Å². The van der Waals surface area contributed by atoms with Gasteiger partial charge in [0.2, 0.25) is 0 Å². The van der Waals surface area contributed by atoms with Gasteiger partial charge in [-0.15, -0.1) is 5.69 Å². The van der Waals surface area contributed by atoms with Crippen molar-refractivity contribution in [2.75, 3.05) is 0 Å². The van der Waals surface area contributed by atoms with Crippen LogP contribution in [0.25, 0.3) is 11.1 Å². The molecule has 1 N–H and O–H groups in total. The summed E-state index contributed by atoms with van der Waals surface area (Å²) in [5.41, 5.74) is 3.42. The van der Waals surface area contributed by atoms with Crippen molar-refractivity contribution in [3.63, 3.8) is 0 Å². The van der Waals surface area contributed by atoms with E-state index in [4.69, 9.17) is 18.6 Å². The van der Waals surface area contributed by atoms with E-state index in [1.165, 1.54) is 0 Å². The van der Waals surface area contributed by atoms with Crippen LogP contribution in [0.2, 0.25) is 0 Å². The Bertz CT molecular complexity index is 747. The molecule has 0 aliphatic carbocycles. The molecule has 0 fully saturated rings. The Morgan fingerprint density at radius 3 is 2.35 bits per heavy atom. The fourth-order valence-electron chi connectivity index (χ4n) is 1.96. The predicted octanol–water partition coefficient (Wildman–Crippen LogP) is 5.14. The molecule has 0 unspecified atom stereocenters. The maximum absolute atomic E-state index is 9.88. The third-order valence-corrected chi connectivity index (χ3v) is 3.00. The van der Waals surface area contributed by atoms with Gasteiger partial charge in [0.1, 0.15) is 11.4 Å². The van der Waals surface area contributed by atoms with E-state index in [0.29, 0.717) is 5.69 Å². The molecular formula is C17H13Cl2N2OTi-. The Morgan fingerprint density at radius 2 is 1.70 bits per heavy atom. The van der Waals surface area contributed by atoms with E-state index in [1.807, 2.05) is 54.6 Å². The number of phenols is 1. The first-order valence-electron chi connectivity index (χ1n) is 6.71. The molecule has 2 aromatic carbocycles. The average molecular weight is 380 g/mol. The Balaban J connectivity index is 0.000000595. The first-order chi connectivity index (χ1) is 11.2. The first-order valence-corrected chi connectivity index (χ1v) is 11.0. The van der Waals surface area contributed by atoms with Crippen molar-refractivity contribution >= 4 is 30.5 Å². The molecule has 23 heavy (non-hydrogen) atoms. The van der Waals surface area contributed by atoms with Crippen LogP contribution in [0, 0.1) is 0 Å². The SMILES string of the molecule is Oc1ccc(-c2ccccc2)cc1N=Cc1ccc[n-]1.[Cl][Ti][Cl]. The Morgan fingerprint density at radius 1 is 0.957 bits per heavy atom. The van der Waals surface area contributed by atoms with E-state index in [-0.39, 0.29) is 5.75 Å². The second kappa shape index (κ2) is 9.58. The molecule has 0 bridgehead atoms. The molecule has 0 saturated carbocycles. The molecule has 3 nitrogen and oxygen atoms in total. The quantitative estimate of drug-likeness (QED) is 0.505. The van der Waals surface area contributed by atoms with Crippen molar-refractivity contribution in [1.29, 1.82) is 0 Å². The molecule has 0 spiro atoms. The van der Waals surface area contributed by atoms with Gasteiger partial charge in [-0.25, -0.2) is 0 Å². The van der Waals surface area contributed by atoms with Crippen molar-refractivity contribution < 1.29 is 22.1 Å². The van der Waals surface area contributed by atoms with Crippen LogP contribution in [-0.2, 0) is 17.0 Å². The van der Waals surface area contributed by atoms with E-state index in [0.717, 1.165) is 16.8 Å². The summed E-state index contributed by atoms with van der Waals surface area (Å²) in [4.78, 5) is 8.41. The number of hydrogen-bond acceptors (Lipinski definition) is 2. The molecule has 1 heterocycles. The monoisotopic (exact) mass is 379 g/mol. The zero-order valence-corrected chi connectivity index (χ0v) is 15.1. The van der Waals surface area contributed by atoms with Crippen molar-refractivity contribution in [2.45, 2.75) is 0 Å². The Kier molecular flexibility index (Phi) is 7.43. The minimum absolute atomic E-state index is 0.160. The number of phenolic OH excluding ortho intramolecular Hbond substituents is 1. The van der Waals surface area contributed by atoms with Crippen LogP contribution in [0.1, 0.15) is 5.69 Å². The standard InChI is InChI=1S/C17H13N2O.2ClH.Ti/c20-17-9-8-14(13-5-2-1-3-6-13)11-16(17)19-12-15-7-4-10-18-15;;;/h1-12H,(H-,18,19,20);2*1H;/q-1;;;+2/p-2. The van der Waals surface area contributed by atoms with Crippen LogP contribution in [0.5, 0.6) is 5.75 Å². The summed E-state index contributed by atoms with van der Waals surface area (Å²) in [7, 11) is 9.78. The molecule has 6 heteroatoms. The average Bonchev–Trinajstić information content (AvgIpc) is 3.09. The van der Waals surface area contributed by atoms with Crippen LogP contribution in [0.15, 0.2) is 71.9 Å². The molecule has 0 saturated heterocycles. The molecule has 0 aliphatic rings. The summed E-state index contributed by atoms with van der Waals surface area (Å²) >= 11 is -0.556. The van der Waals surface area contributed by atoms with E-state index < -0.39 is 17.0 Å². The van der Waals surface area contributed by atoms with Crippen molar-refractivity contribution in [3.05, 3.63) is 72.6 Å². The van der Waals surface area contributed by atoms with Gasteiger partial charge in [-0.05, 0) is 23.3 Å². The summed E-state index contributed by atoms with van der Waals surface area (Å²) in [6.07, 6.45) is 3.35. The minimum atomic E-state index is -0.556. The number of benzene rings is 2. The Hall–Kier alpha value is -1.52. The van der Waals surface area contributed by atoms with Gasteiger partial charge in [0.05, 0.1) is 0 Å². The summed E-state index contributed by atoms with van der Waals surface area (Å²) in [5.74, 6) is 0.160. The summed E-state index contributed by atoms with van der Waals surface area (Å²) in [6, 6.07) is 19.1. The molecule has 0 radical (unpaired) electrons. The zero-order chi connectivity index (χ0) is 16.5. The maximum atomic E-state index is 9.88. The number of halogens is 2. The van der Waals surface area contributed by atoms with Gasteiger partial charge in [0.25, 0.3) is 0 Å². The molecule has 0 atom stereocenters. The molecule has 1 aromatic heterocycles. The molecule has 3 rings (SSSR count). The summed E-state index contributed by atoms with van der Waals surface area (Å²) in [6.45, 7) is 0. The van der Waals surface area contributed by atoms with Crippen LogP contribution in [-0.4, -0.2) is 11.3 Å². The number of nitrogens with zero attached hydrogens (tertiary/aromatic N) is 2. The topological polar surface area (TPSA) is 46.7 Å². The van der Waals surface area contributed by atoms with Crippen LogP contribution >= 0.6 is 18.6 Å². The number of hydrogen-bond donors (Lipinski definition) is 1. The first kappa shape index (κ1) is 17.8. The van der Waals surface area contributed by atoms with Gasteiger partial charge < -0.3 is 10.1 Å². The number of aliphatic imine (C=N–C) groups is 1. The molecule has 0 amide bonds. The fourth-order valence-corrected chi connectivity index (χ4v) is 1.96. The second-order valence-corrected chi connectivity index (χ2v) is 7.04.